The van der Waals surface area contributed by atoms with Crippen molar-refractivity contribution in [1.82, 2.24) is 0 Å². The molecule has 1 atom stereocenters. The van der Waals surface area contributed by atoms with Gasteiger partial charge in [-0.25, -0.2) is 0 Å². The first-order valence-corrected chi connectivity index (χ1v) is 10.9. The number of benzene rings is 1. The molecule has 1 aromatic carbocycles. The number of ether oxygens (including phenoxy) is 2. The van der Waals surface area contributed by atoms with Crippen molar-refractivity contribution in [3.8, 4) is 5.75 Å². The summed E-state index contributed by atoms with van der Waals surface area (Å²) in [6.07, 6.45) is 2.78. The molecule has 1 aromatic rings. The van der Waals surface area contributed by atoms with Crippen LogP contribution in [-0.4, -0.2) is 28.5 Å². The number of esters is 1. The summed E-state index contributed by atoms with van der Waals surface area (Å²) in [5.41, 5.74) is 2.00. The molecule has 0 aromatic heterocycles. The van der Waals surface area contributed by atoms with Crippen LogP contribution in [-0.2, 0) is 20.5 Å². The van der Waals surface area contributed by atoms with E-state index < -0.39 is 7.60 Å². The van der Waals surface area contributed by atoms with Gasteiger partial charge in [0, 0.05) is 15.6 Å². The zero-order valence-corrected chi connectivity index (χ0v) is 16.6. The Morgan fingerprint density at radius 3 is 2.75 bits per heavy atom. The molecule has 134 valence electrons. The lowest BCUT2D eigenvalue weighted by Gasteiger charge is -2.17. The summed E-state index contributed by atoms with van der Waals surface area (Å²) in [5, 5.41) is 0. The second-order valence-electron chi connectivity index (χ2n) is 5.84. The maximum absolute atomic E-state index is 11.3. The third-order valence-corrected chi connectivity index (χ3v) is 5.65. The molecule has 0 aliphatic carbocycles. The smallest absolute Gasteiger partial charge is 0.325 e. The van der Waals surface area contributed by atoms with E-state index in [0.717, 1.165) is 27.5 Å². The monoisotopic (exact) mass is 468 g/mol. The quantitative estimate of drug-likeness (QED) is 0.262. The molecule has 6 nitrogen and oxygen atoms in total. The second kappa shape index (κ2) is 8.65. The molecular weight excluding hydrogens is 446 g/mol. The fraction of sp³-hybridized carbons (Fsp3) is 0.562. The standard InChI is InChI=1S/C16H22IO6P/c1-2-4-12-13(17)9-11(14-5-6-16(18)23-14)10-15(12)22-7-3-8-24(19,20)21/h9-10,14H,2-8H2,1H3,(H2,19,20,21). The van der Waals surface area contributed by atoms with E-state index in [2.05, 4.69) is 29.5 Å². The van der Waals surface area contributed by atoms with E-state index >= 15 is 0 Å². The molecule has 1 aliphatic heterocycles. The van der Waals surface area contributed by atoms with Crippen LogP contribution < -0.4 is 4.74 Å². The van der Waals surface area contributed by atoms with E-state index in [1.165, 1.54) is 0 Å². The van der Waals surface area contributed by atoms with Gasteiger partial charge in [-0.05, 0) is 59.5 Å². The maximum Gasteiger partial charge on any atom is 0.325 e. The van der Waals surface area contributed by atoms with Crippen LogP contribution in [0.4, 0.5) is 0 Å². The summed E-state index contributed by atoms with van der Waals surface area (Å²) < 4.78 is 23.1. The summed E-state index contributed by atoms with van der Waals surface area (Å²) >= 11 is 2.26. The number of carbonyl (C=O) groups is 1. The molecule has 2 rings (SSSR count). The number of cyclic esters (lactones) is 1. The Labute approximate surface area is 155 Å². The highest BCUT2D eigenvalue weighted by molar-refractivity contribution is 14.1. The predicted octanol–water partition coefficient (Wildman–Crippen LogP) is 3.57. The maximum atomic E-state index is 11.3. The lowest BCUT2D eigenvalue weighted by atomic mass is 10.0. The van der Waals surface area contributed by atoms with Gasteiger partial charge in [-0.3, -0.25) is 9.36 Å². The average Bonchev–Trinajstić information content (AvgIpc) is 2.92. The van der Waals surface area contributed by atoms with Crippen molar-refractivity contribution in [3.63, 3.8) is 0 Å². The molecule has 0 bridgehead atoms. The van der Waals surface area contributed by atoms with Crippen molar-refractivity contribution in [1.29, 1.82) is 0 Å². The van der Waals surface area contributed by atoms with E-state index in [9.17, 15) is 9.36 Å². The lowest BCUT2D eigenvalue weighted by Crippen LogP contribution is -2.07. The van der Waals surface area contributed by atoms with Gasteiger partial charge in [-0.15, -0.1) is 0 Å². The van der Waals surface area contributed by atoms with Crippen LogP contribution in [0.3, 0.4) is 0 Å². The first-order valence-electron chi connectivity index (χ1n) is 7.99. The summed E-state index contributed by atoms with van der Waals surface area (Å²) in [6.45, 7) is 2.33. The Bertz CT molecular complexity index is 642. The molecule has 0 spiro atoms. The van der Waals surface area contributed by atoms with E-state index in [4.69, 9.17) is 19.3 Å². The fourth-order valence-electron chi connectivity index (χ4n) is 2.65. The molecule has 0 amide bonds. The zero-order chi connectivity index (χ0) is 17.7. The van der Waals surface area contributed by atoms with E-state index in [1.54, 1.807) is 0 Å². The Hall–Kier alpha value is -0.630. The van der Waals surface area contributed by atoms with Gasteiger partial charge < -0.3 is 19.3 Å². The molecule has 1 aliphatic rings. The van der Waals surface area contributed by atoms with Gasteiger partial charge in [-0.2, -0.15) is 0 Å². The van der Waals surface area contributed by atoms with Gasteiger partial charge in [0.05, 0.1) is 12.8 Å². The SMILES string of the molecule is CCCc1c(I)cc(C2CCC(=O)O2)cc1OCCCP(=O)(O)O. The molecular formula is C16H22IO6P. The molecule has 0 radical (unpaired) electrons. The Kier molecular flexibility index (Phi) is 7.10. The number of carbonyl (C=O) groups excluding carboxylic acids is 1. The van der Waals surface area contributed by atoms with Crippen LogP contribution in [0.5, 0.6) is 5.75 Å². The Morgan fingerprint density at radius 1 is 1.42 bits per heavy atom. The number of hydrogen-bond acceptors (Lipinski definition) is 4. The summed E-state index contributed by atoms with van der Waals surface area (Å²) in [5.74, 6) is 0.532. The molecule has 1 fully saturated rings. The van der Waals surface area contributed by atoms with Crippen LogP contribution in [0, 0.1) is 3.57 Å². The van der Waals surface area contributed by atoms with Crippen molar-refractivity contribution in [2.45, 2.75) is 45.1 Å². The van der Waals surface area contributed by atoms with E-state index in [1.807, 2.05) is 12.1 Å². The predicted molar refractivity (Wildman–Crippen MR) is 98.2 cm³/mol. The Morgan fingerprint density at radius 2 is 2.17 bits per heavy atom. The van der Waals surface area contributed by atoms with Gasteiger partial charge in [-0.1, -0.05) is 13.3 Å². The van der Waals surface area contributed by atoms with Gasteiger partial charge in [0.15, 0.2) is 0 Å². The average molecular weight is 468 g/mol. The van der Waals surface area contributed by atoms with Crippen LogP contribution in [0.15, 0.2) is 12.1 Å². The van der Waals surface area contributed by atoms with Crippen LogP contribution >= 0.6 is 30.2 Å². The third kappa shape index (κ3) is 5.72. The molecule has 2 N–H and O–H groups in total. The van der Waals surface area contributed by atoms with Gasteiger partial charge in [0.2, 0.25) is 0 Å². The highest BCUT2D eigenvalue weighted by Gasteiger charge is 2.26. The van der Waals surface area contributed by atoms with Crippen molar-refractivity contribution in [2.24, 2.45) is 0 Å². The molecule has 1 unspecified atom stereocenters. The largest absolute Gasteiger partial charge is 0.493 e. The van der Waals surface area contributed by atoms with Crippen LogP contribution in [0.1, 0.15) is 49.8 Å². The Balaban J connectivity index is 2.14. The van der Waals surface area contributed by atoms with Crippen LogP contribution in [0.25, 0.3) is 0 Å². The second-order valence-corrected chi connectivity index (χ2v) is 8.78. The summed E-state index contributed by atoms with van der Waals surface area (Å²) in [7, 11) is -3.99. The van der Waals surface area contributed by atoms with Crippen molar-refractivity contribution < 1.29 is 28.6 Å². The first kappa shape index (κ1) is 19.7. The summed E-state index contributed by atoms with van der Waals surface area (Å²) in [6, 6.07) is 3.92. The van der Waals surface area contributed by atoms with Gasteiger partial charge >= 0.3 is 13.6 Å². The van der Waals surface area contributed by atoms with Crippen molar-refractivity contribution >= 4 is 36.2 Å². The van der Waals surface area contributed by atoms with Crippen molar-refractivity contribution in [2.75, 3.05) is 12.8 Å². The van der Waals surface area contributed by atoms with Gasteiger partial charge in [0.1, 0.15) is 11.9 Å². The van der Waals surface area contributed by atoms with E-state index in [-0.39, 0.29) is 31.3 Å². The number of halogens is 1. The van der Waals surface area contributed by atoms with Crippen molar-refractivity contribution in [3.05, 3.63) is 26.8 Å². The highest BCUT2D eigenvalue weighted by atomic mass is 127. The minimum Gasteiger partial charge on any atom is -0.493 e. The third-order valence-electron chi connectivity index (χ3n) is 3.78. The van der Waals surface area contributed by atoms with Gasteiger partial charge in [0.25, 0.3) is 0 Å². The fourth-order valence-corrected chi connectivity index (χ4v) is 4.09. The minimum absolute atomic E-state index is 0.184. The molecule has 8 heteroatoms. The molecule has 24 heavy (non-hydrogen) atoms. The zero-order valence-electron chi connectivity index (χ0n) is 13.5. The number of hydrogen-bond donors (Lipinski definition) is 2. The minimum atomic E-state index is -3.99. The van der Waals surface area contributed by atoms with Crippen LogP contribution in [0.2, 0.25) is 0 Å². The normalized spacial score (nSPS) is 17.8. The molecule has 0 saturated carbocycles. The lowest BCUT2D eigenvalue weighted by molar-refractivity contribution is -0.141. The molecule has 1 saturated heterocycles. The highest BCUT2D eigenvalue weighted by Crippen LogP contribution is 2.37. The first-order chi connectivity index (χ1) is 11.3. The topological polar surface area (TPSA) is 93.1 Å². The van der Waals surface area contributed by atoms with E-state index in [0.29, 0.717) is 18.6 Å². The number of rotatable bonds is 8. The summed E-state index contributed by atoms with van der Waals surface area (Å²) in [4.78, 5) is 29.2. The molecule has 1 heterocycles.